The van der Waals surface area contributed by atoms with E-state index in [1.165, 1.54) is 29.7 Å². The van der Waals surface area contributed by atoms with Crippen LogP contribution in [0.4, 0.5) is 0 Å². The molecule has 0 saturated carbocycles. The molecule has 1 N–H and O–H groups in total. The van der Waals surface area contributed by atoms with Crippen LogP contribution in [-0.2, 0) is 4.84 Å². The van der Waals surface area contributed by atoms with Gasteiger partial charge in [-0.1, -0.05) is 17.7 Å². The minimum absolute atomic E-state index is 0.926. The lowest BCUT2D eigenvalue weighted by Gasteiger charge is -2.21. The van der Waals surface area contributed by atoms with Gasteiger partial charge in [0.25, 0.3) is 0 Å². The third-order valence-electron chi connectivity index (χ3n) is 3.04. The van der Waals surface area contributed by atoms with Crippen LogP contribution in [-0.4, -0.2) is 6.54 Å². The molecular formula is C11H13NO. The predicted molar refractivity (Wildman–Crippen MR) is 50.7 cm³/mol. The van der Waals surface area contributed by atoms with Gasteiger partial charge in [0.2, 0.25) is 0 Å². The minimum Gasteiger partial charge on any atom is -0.413 e. The third kappa shape index (κ3) is 1.13. The van der Waals surface area contributed by atoms with E-state index < -0.39 is 0 Å². The largest absolute Gasteiger partial charge is 0.413 e. The standard InChI is InChI=1S/C11H13NO/c1-2-4-9-6-11-10(7-12-13-11)5-8(9)3-1/h2,4,12H,1,3,5-7H2. The van der Waals surface area contributed by atoms with Crippen LogP contribution in [0.2, 0.25) is 0 Å². The van der Waals surface area contributed by atoms with Gasteiger partial charge in [-0.3, -0.25) is 0 Å². The van der Waals surface area contributed by atoms with Crippen molar-refractivity contribution in [2.75, 3.05) is 6.54 Å². The Kier molecular flexibility index (Phi) is 1.56. The molecule has 3 rings (SSSR count). The molecule has 2 aliphatic carbocycles. The molecule has 0 aromatic heterocycles. The lowest BCUT2D eigenvalue weighted by Crippen LogP contribution is -2.06. The fourth-order valence-electron chi connectivity index (χ4n) is 2.28. The quantitative estimate of drug-likeness (QED) is 0.609. The minimum atomic E-state index is 0.926. The number of rotatable bonds is 0. The zero-order valence-corrected chi connectivity index (χ0v) is 7.60. The Morgan fingerprint density at radius 2 is 2.23 bits per heavy atom. The van der Waals surface area contributed by atoms with Gasteiger partial charge in [0, 0.05) is 6.42 Å². The van der Waals surface area contributed by atoms with E-state index in [0.717, 1.165) is 19.4 Å². The van der Waals surface area contributed by atoms with Crippen molar-refractivity contribution in [2.24, 2.45) is 0 Å². The van der Waals surface area contributed by atoms with Crippen LogP contribution in [0.15, 0.2) is 34.6 Å². The van der Waals surface area contributed by atoms with Crippen LogP contribution in [0, 0.1) is 0 Å². The molecule has 0 saturated heterocycles. The van der Waals surface area contributed by atoms with Crippen molar-refractivity contribution in [2.45, 2.75) is 25.7 Å². The molecule has 2 nitrogen and oxygen atoms in total. The Morgan fingerprint density at radius 1 is 1.23 bits per heavy atom. The summed E-state index contributed by atoms with van der Waals surface area (Å²) >= 11 is 0. The summed E-state index contributed by atoms with van der Waals surface area (Å²) in [5, 5.41) is 0. The van der Waals surface area contributed by atoms with Gasteiger partial charge in [-0.25, -0.2) is 0 Å². The topological polar surface area (TPSA) is 21.3 Å². The van der Waals surface area contributed by atoms with Crippen molar-refractivity contribution in [1.29, 1.82) is 0 Å². The molecule has 1 aliphatic heterocycles. The summed E-state index contributed by atoms with van der Waals surface area (Å²) < 4.78 is 0. The van der Waals surface area contributed by atoms with E-state index in [1.807, 2.05) is 0 Å². The Bertz CT molecular complexity index is 336. The first-order valence-corrected chi connectivity index (χ1v) is 4.91. The summed E-state index contributed by atoms with van der Waals surface area (Å²) in [5.41, 5.74) is 7.54. The zero-order chi connectivity index (χ0) is 8.67. The van der Waals surface area contributed by atoms with Crippen LogP contribution in [0.1, 0.15) is 25.7 Å². The molecule has 68 valence electrons. The number of nitrogens with one attached hydrogen (secondary N) is 1. The number of hydrogen-bond donors (Lipinski definition) is 1. The first-order valence-electron chi connectivity index (χ1n) is 4.91. The van der Waals surface area contributed by atoms with Gasteiger partial charge < -0.3 is 4.84 Å². The van der Waals surface area contributed by atoms with E-state index in [-0.39, 0.29) is 0 Å². The second-order valence-corrected chi connectivity index (χ2v) is 3.87. The first-order chi connectivity index (χ1) is 6.43. The highest BCUT2D eigenvalue weighted by Crippen LogP contribution is 2.36. The Morgan fingerprint density at radius 3 is 3.23 bits per heavy atom. The maximum Gasteiger partial charge on any atom is 0.129 e. The number of allylic oxidation sites excluding steroid dienone is 4. The van der Waals surface area contributed by atoms with Crippen molar-refractivity contribution in [1.82, 2.24) is 5.48 Å². The molecule has 2 heteroatoms. The summed E-state index contributed by atoms with van der Waals surface area (Å²) in [6.45, 7) is 0.926. The highest BCUT2D eigenvalue weighted by molar-refractivity contribution is 5.41. The van der Waals surface area contributed by atoms with Crippen LogP contribution < -0.4 is 5.48 Å². The molecule has 0 radical (unpaired) electrons. The summed E-state index contributed by atoms with van der Waals surface area (Å²) in [6, 6.07) is 0. The summed E-state index contributed by atoms with van der Waals surface area (Å²) in [7, 11) is 0. The summed E-state index contributed by atoms with van der Waals surface area (Å²) in [5.74, 6) is 1.17. The van der Waals surface area contributed by atoms with E-state index >= 15 is 0 Å². The van der Waals surface area contributed by atoms with Crippen LogP contribution in [0.5, 0.6) is 0 Å². The normalized spacial score (nSPS) is 25.8. The molecule has 0 unspecified atom stereocenters. The molecule has 13 heavy (non-hydrogen) atoms. The predicted octanol–water partition coefficient (Wildman–Crippen LogP) is 2.22. The Hall–Kier alpha value is -1.02. The number of hydrogen-bond acceptors (Lipinski definition) is 2. The van der Waals surface area contributed by atoms with Crippen LogP contribution in [0.25, 0.3) is 0 Å². The molecule has 0 amide bonds. The van der Waals surface area contributed by atoms with Gasteiger partial charge >= 0.3 is 0 Å². The third-order valence-corrected chi connectivity index (χ3v) is 3.04. The molecule has 0 bridgehead atoms. The van der Waals surface area contributed by atoms with Gasteiger partial charge in [0.05, 0.1) is 6.54 Å². The maximum absolute atomic E-state index is 5.37. The van der Waals surface area contributed by atoms with Gasteiger partial charge in [-0.15, -0.1) is 0 Å². The maximum atomic E-state index is 5.37. The fraction of sp³-hybridized carbons (Fsp3) is 0.455. The molecule has 0 aromatic rings. The van der Waals surface area contributed by atoms with Gasteiger partial charge in [-0.2, -0.15) is 5.48 Å². The lowest BCUT2D eigenvalue weighted by atomic mass is 9.85. The molecule has 0 aromatic carbocycles. The molecule has 0 spiro atoms. The van der Waals surface area contributed by atoms with Crippen molar-refractivity contribution in [3.05, 3.63) is 34.6 Å². The SMILES string of the molecule is C1=CC2=C(CC1)CC1=C(C2)ONC1. The summed E-state index contributed by atoms with van der Waals surface area (Å²) in [6.07, 6.45) is 9.16. The second-order valence-electron chi connectivity index (χ2n) is 3.87. The lowest BCUT2D eigenvalue weighted by molar-refractivity contribution is 0.135. The average Bonchev–Trinajstić information content (AvgIpc) is 2.61. The fourth-order valence-corrected chi connectivity index (χ4v) is 2.28. The average molecular weight is 175 g/mol. The smallest absolute Gasteiger partial charge is 0.129 e. The first kappa shape index (κ1) is 7.39. The van der Waals surface area contributed by atoms with Crippen LogP contribution >= 0.6 is 0 Å². The zero-order valence-electron chi connectivity index (χ0n) is 7.60. The monoisotopic (exact) mass is 175 g/mol. The highest BCUT2D eigenvalue weighted by atomic mass is 16.7. The Balaban J connectivity index is 1.91. The van der Waals surface area contributed by atoms with E-state index in [1.54, 1.807) is 5.57 Å². The van der Waals surface area contributed by atoms with Gasteiger partial charge in [0.1, 0.15) is 5.76 Å². The van der Waals surface area contributed by atoms with E-state index in [2.05, 4.69) is 17.6 Å². The summed E-state index contributed by atoms with van der Waals surface area (Å²) in [4.78, 5) is 5.37. The van der Waals surface area contributed by atoms with E-state index in [4.69, 9.17) is 4.84 Å². The molecule has 0 atom stereocenters. The van der Waals surface area contributed by atoms with Gasteiger partial charge in [-0.05, 0) is 30.4 Å². The Labute approximate surface area is 77.9 Å². The van der Waals surface area contributed by atoms with Crippen molar-refractivity contribution < 1.29 is 4.84 Å². The van der Waals surface area contributed by atoms with E-state index in [0.29, 0.717) is 0 Å². The molecule has 0 fully saturated rings. The van der Waals surface area contributed by atoms with Crippen molar-refractivity contribution in [3.8, 4) is 0 Å². The molecular weight excluding hydrogens is 162 g/mol. The van der Waals surface area contributed by atoms with Crippen molar-refractivity contribution in [3.63, 3.8) is 0 Å². The van der Waals surface area contributed by atoms with Gasteiger partial charge in [0.15, 0.2) is 0 Å². The highest BCUT2D eigenvalue weighted by Gasteiger charge is 2.24. The second kappa shape index (κ2) is 2.74. The van der Waals surface area contributed by atoms with E-state index in [9.17, 15) is 0 Å². The molecule has 3 aliphatic rings. The van der Waals surface area contributed by atoms with Crippen LogP contribution in [0.3, 0.4) is 0 Å². The number of hydroxylamine groups is 1. The van der Waals surface area contributed by atoms with Crippen molar-refractivity contribution >= 4 is 0 Å². The molecule has 1 heterocycles.